The first-order valence-corrected chi connectivity index (χ1v) is 7.24. The fourth-order valence-corrected chi connectivity index (χ4v) is 2.93. The van der Waals surface area contributed by atoms with Gasteiger partial charge in [0.15, 0.2) is 5.65 Å². The summed E-state index contributed by atoms with van der Waals surface area (Å²) in [6, 6.07) is 1.86. The Morgan fingerprint density at radius 3 is 2.95 bits per heavy atom. The highest BCUT2D eigenvalue weighted by Gasteiger charge is 2.28. The van der Waals surface area contributed by atoms with Crippen LogP contribution < -0.4 is 0 Å². The van der Waals surface area contributed by atoms with Crippen molar-refractivity contribution in [2.75, 3.05) is 13.1 Å². The van der Waals surface area contributed by atoms with Crippen molar-refractivity contribution < 1.29 is 9.90 Å². The van der Waals surface area contributed by atoms with Gasteiger partial charge in [-0.2, -0.15) is 5.10 Å². The molecule has 0 spiro atoms. The molecule has 1 fully saturated rings. The number of nitrogens with zero attached hydrogens (tertiary/aromatic N) is 4. The number of piperidine rings is 1. The van der Waals surface area contributed by atoms with Gasteiger partial charge >= 0.3 is 0 Å². The number of hydrogen-bond donors (Lipinski definition) is 1. The second kappa shape index (κ2) is 5.11. The van der Waals surface area contributed by atoms with E-state index in [0.717, 1.165) is 16.7 Å². The van der Waals surface area contributed by atoms with Crippen LogP contribution in [0.1, 0.15) is 29.4 Å². The zero-order valence-electron chi connectivity index (χ0n) is 12.6. The number of rotatable bonds is 1. The largest absolute Gasteiger partial charge is 0.393 e. The number of aryl methyl sites for hydroxylation is 2. The molecular weight excluding hydrogens is 268 g/mol. The Morgan fingerprint density at radius 1 is 1.48 bits per heavy atom. The Bertz CT molecular complexity index is 694. The molecule has 0 bridgehead atoms. The molecule has 1 amide bonds. The first-order chi connectivity index (χ1) is 9.97. The maximum atomic E-state index is 12.6. The number of fused-ring (bicyclic) bond motifs is 1. The zero-order valence-corrected chi connectivity index (χ0v) is 12.6. The van der Waals surface area contributed by atoms with E-state index in [1.54, 1.807) is 15.8 Å². The first-order valence-electron chi connectivity index (χ1n) is 7.24. The van der Waals surface area contributed by atoms with Gasteiger partial charge in [-0.05, 0) is 25.3 Å². The van der Waals surface area contributed by atoms with Gasteiger partial charge in [0, 0.05) is 31.7 Å². The summed E-state index contributed by atoms with van der Waals surface area (Å²) in [6.45, 7) is 5.06. The summed E-state index contributed by atoms with van der Waals surface area (Å²) in [5.74, 6) is 0.0888. The second-order valence-corrected chi connectivity index (χ2v) is 5.89. The summed E-state index contributed by atoms with van der Waals surface area (Å²) in [5.41, 5.74) is 2.24. The lowest BCUT2D eigenvalue weighted by atomic mass is 9.96. The number of carbonyl (C=O) groups excluding carboxylic acids is 1. The van der Waals surface area contributed by atoms with Gasteiger partial charge in [-0.25, -0.2) is 4.98 Å². The van der Waals surface area contributed by atoms with Gasteiger partial charge in [0.2, 0.25) is 0 Å². The quantitative estimate of drug-likeness (QED) is 0.853. The van der Waals surface area contributed by atoms with E-state index in [4.69, 9.17) is 0 Å². The van der Waals surface area contributed by atoms with Crippen LogP contribution in [-0.4, -0.2) is 49.9 Å². The summed E-state index contributed by atoms with van der Waals surface area (Å²) >= 11 is 0. The average molecular weight is 288 g/mol. The number of pyridine rings is 1. The van der Waals surface area contributed by atoms with Crippen molar-refractivity contribution in [1.82, 2.24) is 19.7 Å². The van der Waals surface area contributed by atoms with Crippen molar-refractivity contribution in [3.63, 3.8) is 0 Å². The number of carbonyl (C=O) groups is 1. The topological polar surface area (TPSA) is 71.2 Å². The molecule has 2 aromatic rings. The molecular formula is C15H20N4O2. The predicted molar refractivity (Wildman–Crippen MR) is 78.9 cm³/mol. The Labute approximate surface area is 123 Å². The maximum absolute atomic E-state index is 12.6. The van der Waals surface area contributed by atoms with Crippen LogP contribution in [0.2, 0.25) is 0 Å². The van der Waals surface area contributed by atoms with Gasteiger partial charge in [-0.3, -0.25) is 9.48 Å². The highest BCUT2D eigenvalue weighted by Crippen LogP contribution is 2.21. The predicted octanol–water partition coefficient (Wildman–Crippen LogP) is 1.12. The third-order valence-electron chi connectivity index (χ3n) is 4.26. The number of hydrogen-bond acceptors (Lipinski definition) is 4. The van der Waals surface area contributed by atoms with Gasteiger partial charge < -0.3 is 10.0 Å². The van der Waals surface area contributed by atoms with Gasteiger partial charge in [0.05, 0.1) is 17.4 Å². The second-order valence-electron chi connectivity index (χ2n) is 5.89. The molecule has 1 saturated heterocycles. The molecule has 6 nitrogen and oxygen atoms in total. The Morgan fingerprint density at radius 2 is 2.24 bits per heavy atom. The third kappa shape index (κ3) is 2.40. The van der Waals surface area contributed by atoms with Crippen molar-refractivity contribution in [1.29, 1.82) is 0 Å². The first kappa shape index (κ1) is 14.0. The monoisotopic (exact) mass is 288 g/mol. The van der Waals surface area contributed by atoms with E-state index in [-0.39, 0.29) is 17.9 Å². The molecule has 0 radical (unpaired) electrons. The Hall–Kier alpha value is -1.95. The molecule has 3 rings (SSSR count). The summed E-state index contributed by atoms with van der Waals surface area (Å²) in [7, 11) is 1.84. The molecule has 2 atom stereocenters. The average Bonchev–Trinajstić information content (AvgIpc) is 2.76. The van der Waals surface area contributed by atoms with Crippen molar-refractivity contribution in [2.24, 2.45) is 13.0 Å². The van der Waals surface area contributed by atoms with Crippen molar-refractivity contribution in [3.05, 3.63) is 23.5 Å². The van der Waals surface area contributed by atoms with Gasteiger partial charge in [0.1, 0.15) is 0 Å². The van der Waals surface area contributed by atoms with E-state index in [0.29, 0.717) is 25.1 Å². The van der Waals surface area contributed by atoms with Crippen molar-refractivity contribution in [3.8, 4) is 0 Å². The van der Waals surface area contributed by atoms with Crippen LogP contribution >= 0.6 is 0 Å². The Balaban J connectivity index is 1.89. The third-order valence-corrected chi connectivity index (χ3v) is 4.26. The van der Waals surface area contributed by atoms with Crippen LogP contribution in [0.3, 0.4) is 0 Å². The van der Waals surface area contributed by atoms with E-state index in [2.05, 4.69) is 10.1 Å². The zero-order chi connectivity index (χ0) is 15.1. The molecule has 1 aliphatic heterocycles. The molecule has 3 heterocycles. The summed E-state index contributed by atoms with van der Waals surface area (Å²) in [6.07, 6.45) is 1.94. The highest BCUT2D eigenvalue weighted by atomic mass is 16.3. The minimum atomic E-state index is -0.310. The van der Waals surface area contributed by atoms with E-state index in [9.17, 15) is 9.90 Å². The number of amides is 1. The fourth-order valence-electron chi connectivity index (χ4n) is 2.93. The van der Waals surface area contributed by atoms with Crippen LogP contribution in [0.25, 0.3) is 11.0 Å². The van der Waals surface area contributed by atoms with Crippen molar-refractivity contribution >= 4 is 16.9 Å². The van der Waals surface area contributed by atoms with Gasteiger partial charge in [0.25, 0.3) is 5.91 Å². The molecule has 0 saturated carbocycles. The Kier molecular flexibility index (Phi) is 3.41. The maximum Gasteiger partial charge on any atom is 0.255 e. The number of aromatic nitrogens is 3. The lowest BCUT2D eigenvalue weighted by Gasteiger charge is -2.34. The van der Waals surface area contributed by atoms with E-state index in [1.807, 2.05) is 27.0 Å². The minimum Gasteiger partial charge on any atom is -0.393 e. The fraction of sp³-hybridized carbons (Fsp3) is 0.533. The number of likely N-dealkylation sites (tertiary alicyclic amines) is 1. The summed E-state index contributed by atoms with van der Waals surface area (Å²) < 4.78 is 1.72. The molecule has 2 unspecified atom stereocenters. The van der Waals surface area contributed by atoms with Gasteiger partial charge in [-0.15, -0.1) is 0 Å². The van der Waals surface area contributed by atoms with Crippen LogP contribution in [0.15, 0.2) is 12.3 Å². The molecule has 1 aliphatic rings. The molecule has 21 heavy (non-hydrogen) atoms. The standard InChI is InChI=1S/C15H20N4O2/c1-9-8-19(5-4-13(9)20)15(21)11-6-12-10(2)17-18(3)14(12)16-7-11/h6-7,9,13,20H,4-5,8H2,1-3H3. The smallest absolute Gasteiger partial charge is 0.255 e. The molecule has 112 valence electrons. The lowest BCUT2D eigenvalue weighted by Crippen LogP contribution is -2.45. The molecule has 0 aliphatic carbocycles. The van der Waals surface area contributed by atoms with Crippen LogP contribution in [0, 0.1) is 12.8 Å². The molecule has 2 aromatic heterocycles. The SMILES string of the molecule is Cc1nn(C)c2ncc(C(=O)N3CCC(O)C(C)C3)cc12. The molecule has 1 N–H and O–H groups in total. The molecule has 6 heteroatoms. The van der Waals surface area contributed by atoms with Crippen LogP contribution in [0.4, 0.5) is 0 Å². The van der Waals surface area contributed by atoms with Gasteiger partial charge in [-0.1, -0.05) is 6.92 Å². The number of aliphatic hydroxyl groups is 1. The van der Waals surface area contributed by atoms with E-state index >= 15 is 0 Å². The summed E-state index contributed by atoms with van der Waals surface area (Å²) in [5, 5.41) is 15.0. The van der Waals surface area contributed by atoms with E-state index in [1.165, 1.54) is 0 Å². The van der Waals surface area contributed by atoms with Crippen LogP contribution in [0.5, 0.6) is 0 Å². The highest BCUT2D eigenvalue weighted by molar-refractivity contribution is 5.97. The molecule has 0 aromatic carbocycles. The lowest BCUT2D eigenvalue weighted by molar-refractivity contribution is 0.0297. The van der Waals surface area contributed by atoms with Crippen LogP contribution in [-0.2, 0) is 7.05 Å². The van der Waals surface area contributed by atoms with E-state index < -0.39 is 0 Å². The number of aliphatic hydroxyl groups excluding tert-OH is 1. The minimum absolute atomic E-state index is 0.0218. The van der Waals surface area contributed by atoms with Crippen molar-refractivity contribution in [2.45, 2.75) is 26.4 Å². The normalized spacial score (nSPS) is 22.8. The summed E-state index contributed by atoms with van der Waals surface area (Å²) in [4.78, 5) is 18.7.